The number of nitrogens with one attached hydrogen (secondary N) is 4. The van der Waals surface area contributed by atoms with Gasteiger partial charge in [-0.3, -0.25) is 25.1 Å². The summed E-state index contributed by atoms with van der Waals surface area (Å²) in [6, 6.07) is 30.3. The second kappa shape index (κ2) is 15.3. The maximum absolute atomic E-state index is 13.4. The summed E-state index contributed by atoms with van der Waals surface area (Å²) in [5.74, 6) is -1.26. The van der Waals surface area contributed by atoms with Crippen LogP contribution in [0.5, 0.6) is 0 Å². The third-order valence-corrected chi connectivity index (χ3v) is 7.73. The smallest absolute Gasteiger partial charge is 0.413 e. The summed E-state index contributed by atoms with van der Waals surface area (Å²) in [6.07, 6.45) is -0.240. The average Bonchev–Trinajstić information content (AvgIpc) is 3.21. The van der Waals surface area contributed by atoms with Crippen molar-refractivity contribution in [2.45, 2.75) is 38.6 Å². The van der Waals surface area contributed by atoms with Gasteiger partial charge in [0.2, 0.25) is 11.8 Å². The van der Waals surface area contributed by atoms with Crippen LogP contribution in [0.1, 0.15) is 44.6 Å². The lowest BCUT2D eigenvalue weighted by atomic mass is 10.1. The summed E-state index contributed by atoms with van der Waals surface area (Å²) < 4.78 is 5.17. The number of carbonyl (C=O) groups is 4. The quantitative estimate of drug-likeness (QED) is 0.123. The first-order valence-electron chi connectivity index (χ1n) is 15.2. The molecule has 11 nitrogen and oxygen atoms in total. The summed E-state index contributed by atoms with van der Waals surface area (Å²) in [4.78, 5) is 52.1. The number of amides is 4. The second-order valence-corrected chi connectivity index (χ2v) is 11.2. The zero-order valence-corrected chi connectivity index (χ0v) is 25.7. The fourth-order valence-electron chi connectivity index (χ4n) is 5.19. The van der Waals surface area contributed by atoms with Crippen LogP contribution >= 0.6 is 0 Å². The summed E-state index contributed by atoms with van der Waals surface area (Å²) in [7, 11) is 0. The molecule has 0 bridgehead atoms. The number of hydrogen-bond acceptors (Lipinski definition) is 7. The van der Waals surface area contributed by atoms with Crippen molar-refractivity contribution in [3.05, 3.63) is 137 Å². The number of nitrogens with zero attached hydrogens (tertiary/aromatic N) is 1. The molecule has 6 N–H and O–H groups in total. The number of amidine groups is 1. The van der Waals surface area contributed by atoms with Crippen molar-refractivity contribution in [2.24, 2.45) is 5.73 Å². The molecule has 0 saturated heterocycles. The summed E-state index contributed by atoms with van der Waals surface area (Å²) >= 11 is 0. The molecule has 1 aliphatic rings. The molecule has 1 aliphatic heterocycles. The molecule has 0 aliphatic carbocycles. The lowest BCUT2D eigenvalue weighted by Gasteiger charge is -2.24. The van der Waals surface area contributed by atoms with Crippen molar-refractivity contribution in [1.82, 2.24) is 15.5 Å². The number of primary amides is 1. The van der Waals surface area contributed by atoms with E-state index in [1.54, 1.807) is 41.3 Å². The minimum Gasteiger partial charge on any atom is -0.444 e. The highest BCUT2D eigenvalue weighted by Crippen LogP contribution is 2.26. The maximum atomic E-state index is 13.4. The molecule has 4 aromatic rings. The fraction of sp³-hybridized carbons (Fsp3) is 0.194. The van der Waals surface area contributed by atoms with E-state index in [0.29, 0.717) is 36.3 Å². The second-order valence-electron chi connectivity index (χ2n) is 11.2. The van der Waals surface area contributed by atoms with Crippen LogP contribution in [0.25, 0.3) is 0 Å². The van der Waals surface area contributed by atoms with Gasteiger partial charge >= 0.3 is 6.09 Å². The van der Waals surface area contributed by atoms with Crippen LogP contribution in [0.3, 0.4) is 0 Å². The summed E-state index contributed by atoms with van der Waals surface area (Å²) in [6.45, 7) is 1.11. The molecule has 0 fully saturated rings. The van der Waals surface area contributed by atoms with Gasteiger partial charge in [0.1, 0.15) is 18.5 Å². The Kier molecular flexibility index (Phi) is 10.6. The highest BCUT2D eigenvalue weighted by atomic mass is 16.5. The topological polar surface area (TPSA) is 167 Å². The molecular weight excluding hydrogens is 596 g/mol. The lowest BCUT2D eigenvalue weighted by Crippen LogP contribution is -2.43. The predicted molar refractivity (Wildman–Crippen MR) is 177 cm³/mol. The number of anilines is 1. The van der Waals surface area contributed by atoms with Crippen LogP contribution in [-0.4, -0.2) is 47.1 Å². The molecule has 0 saturated carbocycles. The standard InChI is InChI=1S/C36H36N6O5/c37-32(43)20-31-35(45)42(18-17-24-7-3-1-4-8-24)22-29-16-15-28(19-30(29)40-31)34(44)39-21-25-11-13-27(14-12-25)33(38)41-36(46)47-23-26-9-5-2-6-10-26/h1-16,19,31,40H,17-18,20-23H2,(H2,37,43)(H,39,44)(H2,38,41,46). The van der Waals surface area contributed by atoms with Gasteiger partial charge in [0.05, 0.1) is 6.42 Å². The fourth-order valence-corrected chi connectivity index (χ4v) is 5.19. The SMILES string of the molecule is N=C(NC(=O)OCc1ccccc1)c1ccc(CNC(=O)c2ccc3c(c2)NC(CC(N)=O)C(=O)N(CCc2ccccc2)C3)cc1. The number of ether oxygens (including phenoxy) is 1. The Morgan fingerprint density at radius 3 is 2.21 bits per heavy atom. The van der Waals surface area contributed by atoms with Gasteiger partial charge in [-0.25, -0.2) is 4.79 Å². The van der Waals surface area contributed by atoms with E-state index < -0.39 is 18.0 Å². The molecule has 1 atom stereocenters. The van der Waals surface area contributed by atoms with Gasteiger partial charge in [-0.15, -0.1) is 0 Å². The van der Waals surface area contributed by atoms with Gasteiger partial charge in [0, 0.05) is 36.4 Å². The summed E-state index contributed by atoms with van der Waals surface area (Å²) in [5, 5.41) is 16.6. The number of fused-ring (bicyclic) bond motifs is 1. The molecule has 4 amide bonds. The van der Waals surface area contributed by atoms with Gasteiger partial charge in [-0.2, -0.15) is 0 Å². The first-order chi connectivity index (χ1) is 22.7. The molecule has 47 heavy (non-hydrogen) atoms. The first kappa shape index (κ1) is 32.4. The van der Waals surface area contributed by atoms with E-state index in [1.807, 2.05) is 66.7 Å². The Labute approximate surface area is 272 Å². The van der Waals surface area contributed by atoms with Crippen LogP contribution < -0.4 is 21.7 Å². The van der Waals surface area contributed by atoms with Crippen molar-refractivity contribution in [2.75, 3.05) is 11.9 Å². The predicted octanol–water partition coefficient (Wildman–Crippen LogP) is 4.11. The number of alkyl carbamates (subject to hydrolysis) is 1. The van der Waals surface area contributed by atoms with Crippen LogP contribution in [0.2, 0.25) is 0 Å². The Morgan fingerprint density at radius 1 is 0.872 bits per heavy atom. The van der Waals surface area contributed by atoms with E-state index in [0.717, 1.165) is 22.3 Å². The number of rotatable bonds is 11. The minimum atomic E-state index is -0.847. The van der Waals surface area contributed by atoms with Crippen molar-refractivity contribution < 1.29 is 23.9 Å². The molecular formula is C36H36N6O5. The van der Waals surface area contributed by atoms with Gasteiger partial charge in [0.15, 0.2) is 0 Å². The van der Waals surface area contributed by atoms with E-state index in [2.05, 4.69) is 16.0 Å². The minimum absolute atomic E-state index is 0.0954. The molecule has 5 rings (SSSR count). The maximum Gasteiger partial charge on any atom is 0.413 e. The Morgan fingerprint density at radius 2 is 1.53 bits per heavy atom. The van der Waals surface area contributed by atoms with E-state index in [4.69, 9.17) is 15.9 Å². The largest absolute Gasteiger partial charge is 0.444 e. The average molecular weight is 633 g/mol. The van der Waals surface area contributed by atoms with Crippen LogP contribution in [0, 0.1) is 5.41 Å². The van der Waals surface area contributed by atoms with Gasteiger partial charge < -0.3 is 26.0 Å². The highest BCUT2D eigenvalue weighted by Gasteiger charge is 2.30. The number of carbonyl (C=O) groups excluding carboxylic acids is 4. The summed E-state index contributed by atoms with van der Waals surface area (Å²) in [5.41, 5.74) is 10.5. The van der Waals surface area contributed by atoms with E-state index in [1.165, 1.54) is 0 Å². The van der Waals surface area contributed by atoms with Gasteiger partial charge in [0.25, 0.3) is 5.91 Å². The number of nitrogens with two attached hydrogens (primary N) is 1. The van der Waals surface area contributed by atoms with Crippen molar-refractivity contribution in [1.29, 1.82) is 5.41 Å². The third kappa shape index (κ3) is 9.04. The molecule has 1 heterocycles. The van der Waals surface area contributed by atoms with Crippen LogP contribution in [0.15, 0.2) is 103 Å². The van der Waals surface area contributed by atoms with Crippen molar-refractivity contribution in [3.63, 3.8) is 0 Å². The van der Waals surface area contributed by atoms with Crippen LogP contribution in [-0.2, 0) is 40.4 Å². The van der Waals surface area contributed by atoms with Gasteiger partial charge in [-0.1, -0.05) is 91.0 Å². The molecule has 0 radical (unpaired) electrons. The van der Waals surface area contributed by atoms with Crippen molar-refractivity contribution in [3.8, 4) is 0 Å². The lowest BCUT2D eigenvalue weighted by molar-refractivity contribution is -0.134. The molecule has 240 valence electrons. The molecule has 0 spiro atoms. The normalized spacial score (nSPS) is 13.8. The Balaban J connectivity index is 1.17. The molecule has 11 heteroatoms. The van der Waals surface area contributed by atoms with E-state index in [-0.39, 0.29) is 37.2 Å². The third-order valence-electron chi connectivity index (χ3n) is 7.73. The molecule has 1 unspecified atom stereocenters. The molecule has 4 aromatic carbocycles. The number of benzene rings is 4. The van der Waals surface area contributed by atoms with E-state index >= 15 is 0 Å². The highest BCUT2D eigenvalue weighted by molar-refractivity contribution is 6.04. The van der Waals surface area contributed by atoms with Gasteiger partial charge in [-0.05, 0) is 40.8 Å². The zero-order chi connectivity index (χ0) is 33.2. The Bertz CT molecular complexity index is 1750. The number of hydrogen-bond donors (Lipinski definition) is 5. The Hall–Kier alpha value is -5.97. The van der Waals surface area contributed by atoms with E-state index in [9.17, 15) is 19.2 Å². The molecule has 0 aromatic heterocycles. The first-order valence-corrected chi connectivity index (χ1v) is 15.2. The monoisotopic (exact) mass is 632 g/mol. The van der Waals surface area contributed by atoms with Crippen LogP contribution in [0.4, 0.5) is 10.5 Å². The zero-order valence-electron chi connectivity index (χ0n) is 25.7. The van der Waals surface area contributed by atoms with Crippen molar-refractivity contribution >= 4 is 35.3 Å².